The minimum atomic E-state index is -4.64. The normalized spacial score (nSPS) is 10.5. The highest BCUT2D eigenvalue weighted by Crippen LogP contribution is 2.25. The summed E-state index contributed by atoms with van der Waals surface area (Å²) in [5, 5.41) is 2.55. The van der Waals surface area contributed by atoms with Crippen LogP contribution in [0.4, 0.5) is 0 Å². The van der Waals surface area contributed by atoms with E-state index in [2.05, 4.69) is 49.0 Å². The van der Waals surface area contributed by atoms with Crippen molar-refractivity contribution in [3.8, 4) is 0 Å². The Morgan fingerprint density at radius 2 is 1.53 bits per heavy atom. The van der Waals surface area contributed by atoms with E-state index in [0.717, 1.165) is 0 Å². The molecular weight excluding hydrogens is 239 g/mol. The summed E-state index contributed by atoms with van der Waals surface area (Å²) < 4.78 is 8.88. The van der Waals surface area contributed by atoms with E-state index in [-0.39, 0.29) is 0 Å². The van der Waals surface area contributed by atoms with Crippen molar-refractivity contribution in [3.05, 3.63) is 54.6 Å². The molecule has 3 N–H and O–H groups in total. The summed E-state index contributed by atoms with van der Waals surface area (Å²) in [4.78, 5) is 21.6. The van der Waals surface area contributed by atoms with Crippen LogP contribution in [0.3, 0.4) is 0 Å². The zero-order valence-electron chi connectivity index (χ0n) is 9.02. The molecule has 0 saturated heterocycles. The largest absolute Gasteiger partial charge is 0.466 e. The van der Waals surface area contributed by atoms with Gasteiger partial charge < -0.3 is 14.7 Å². The van der Waals surface area contributed by atoms with Gasteiger partial charge in [0.1, 0.15) is 0 Å². The monoisotopic (exact) mass is 252 g/mol. The van der Waals surface area contributed by atoms with E-state index in [1.807, 2.05) is 6.08 Å². The topological polar surface area (TPSA) is 77.8 Å². The van der Waals surface area contributed by atoms with Crippen molar-refractivity contribution < 1.29 is 19.2 Å². The zero-order valence-corrected chi connectivity index (χ0v) is 9.92. The minimum absolute atomic E-state index is 1.20. The van der Waals surface area contributed by atoms with Crippen molar-refractivity contribution in [1.29, 1.82) is 0 Å². The van der Waals surface area contributed by atoms with Crippen LogP contribution in [-0.2, 0) is 4.57 Å². The van der Waals surface area contributed by atoms with Crippen LogP contribution in [0.15, 0.2) is 49.0 Å². The summed E-state index contributed by atoms with van der Waals surface area (Å²) in [5.41, 5.74) is 1.20. The molecule has 0 aliphatic heterocycles. The van der Waals surface area contributed by atoms with Crippen LogP contribution in [0.1, 0.15) is 5.56 Å². The van der Waals surface area contributed by atoms with Gasteiger partial charge in [-0.05, 0) is 16.3 Å². The second-order valence-electron chi connectivity index (χ2n) is 3.29. The van der Waals surface area contributed by atoms with Gasteiger partial charge in [0, 0.05) is 0 Å². The number of hydrogen-bond donors (Lipinski definition) is 3. The highest BCUT2D eigenvalue weighted by atomic mass is 31.2. The van der Waals surface area contributed by atoms with Gasteiger partial charge in [0.25, 0.3) is 0 Å². The van der Waals surface area contributed by atoms with E-state index in [4.69, 9.17) is 19.2 Å². The predicted molar refractivity (Wildman–Crippen MR) is 68.3 cm³/mol. The standard InChI is InChI=1S/C12H10.H3O4P/c1-2-10-7-5-8-11-6-3-4-9-12(10)11;1-5(2,3)4/h2-9H,1H2;(H3,1,2,3,4). The lowest BCUT2D eigenvalue weighted by atomic mass is 10.1. The lowest BCUT2D eigenvalue weighted by Crippen LogP contribution is -1.75. The smallest absolute Gasteiger partial charge is 0.303 e. The Morgan fingerprint density at radius 1 is 1.00 bits per heavy atom. The molecule has 0 radical (unpaired) electrons. The van der Waals surface area contributed by atoms with Crippen LogP contribution in [0.2, 0.25) is 0 Å². The average Bonchev–Trinajstić information content (AvgIpc) is 2.26. The molecule has 0 heterocycles. The second-order valence-corrected chi connectivity index (χ2v) is 4.31. The van der Waals surface area contributed by atoms with E-state index in [1.54, 1.807) is 0 Å². The predicted octanol–water partition coefficient (Wildman–Crippen LogP) is 2.55. The zero-order chi connectivity index (χ0) is 12.9. The number of rotatable bonds is 1. The number of hydrogen-bond acceptors (Lipinski definition) is 1. The van der Waals surface area contributed by atoms with Crippen molar-refractivity contribution in [3.63, 3.8) is 0 Å². The molecule has 0 aliphatic carbocycles. The summed E-state index contributed by atoms with van der Waals surface area (Å²) in [5.74, 6) is 0. The summed E-state index contributed by atoms with van der Waals surface area (Å²) in [6, 6.07) is 14.6. The maximum absolute atomic E-state index is 8.88. The Morgan fingerprint density at radius 3 is 2.12 bits per heavy atom. The highest BCUT2D eigenvalue weighted by molar-refractivity contribution is 7.45. The van der Waals surface area contributed by atoms with Gasteiger partial charge in [-0.2, -0.15) is 0 Å². The maximum Gasteiger partial charge on any atom is 0.466 e. The van der Waals surface area contributed by atoms with Gasteiger partial charge in [-0.15, -0.1) is 0 Å². The number of fused-ring (bicyclic) bond motifs is 1. The maximum atomic E-state index is 8.88. The third-order valence-corrected chi connectivity index (χ3v) is 2.04. The molecule has 2 rings (SSSR count). The molecule has 2 aromatic rings. The molecule has 0 aromatic heterocycles. The molecule has 4 nitrogen and oxygen atoms in total. The number of phosphoric acid groups is 1. The lowest BCUT2D eigenvalue weighted by molar-refractivity contribution is 0.275. The highest BCUT2D eigenvalue weighted by Gasteiger charge is 2.00. The Bertz CT molecular complexity index is 546. The Balaban J connectivity index is 0.000000249. The lowest BCUT2D eigenvalue weighted by Gasteiger charge is -1.99. The first-order chi connectivity index (χ1) is 7.92. The van der Waals surface area contributed by atoms with Gasteiger partial charge in [-0.1, -0.05) is 55.1 Å². The van der Waals surface area contributed by atoms with E-state index in [0.29, 0.717) is 0 Å². The molecule has 0 fully saturated rings. The van der Waals surface area contributed by atoms with E-state index >= 15 is 0 Å². The molecule has 17 heavy (non-hydrogen) atoms. The van der Waals surface area contributed by atoms with Crippen LogP contribution < -0.4 is 0 Å². The summed E-state index contributed by atoms with van der Waals surface area (Å²) >= 11 is 0. The summed E-state index contributed by atoms with van der Waals surface area (Å²) in [6.45, 7) is 3.78. The SMILES string of the molecule is C=Cc1cccc2ccccc12.O=P(O)(O)O. The molecule has 0 bridgehead atoms. The molecule has 0 aliphatic rings. The van der Waals surface area contributed by atoms with E-state index in [9.17, 15) is 0 Å². The molecule has 0 spiro atoms. The molecule has 0 atom stereocenters. The van der Waals surface area contributed by atoms with E-state index < -0.39 is 7.82 Å². The van der Waals surface area contributed by atoms with Crippen molar-refractivity contribution in [2.24, 2.45) is 0 Å². The van der Waals surface area contributed by atoms with Crippen LogP contribution >= 0.6 is 7.82 Å². The molecule has 2 aromatic carbocycles. The van der Waals surface area contributed by atoms with Crippen molar-refractivity contribution >= 4 is 24.7 Å². The van der Waals surface area contributed by atoms with Crippen LogP contribution in [0.25, 0.3) is 16.8 Å². The Labute approximate surface area is 99.1 Å². The van der Waals surface area contributed by atoms with Crippen molar-refractivity contribution in [1.82, 2.24) is 0 Å². The molecule has 0 amide bonds. The van der Waals surface area contributed by atoms with Gasteiger partial charge in [-0.25, -0.2) is 4.57 Å². The van der Waals surface area contributed by atoms with Crippen molar-refractivity contribution in [2.75, 3.05) is 0 Å². The molecule has 0 unspecified atom stereocenters. The first kappa shape index (κ1) is 13.6. The van der Waals surface area contributed by atoms with Crippen molar-refractivity contribution in [2.45, 2.75) is 0 Å². The summed E-state index contributed by atoms with van der Waals surface area (Å²) in [6.07, 6.45) is 1.89. The van der Waals surface area contributed by atoms with Crippen LogP contribution in [0, 0.1) is 0 Å². The first-order valence-electron chi connectivity index (χ1n) is 4.80. The Hall–Kier alpha value is -1.45. The molecule has 5 heteroatoms. The third kappa shape index (κ3) is 4.93. The fraction of sp³-hybridized carbons (Fsp3) is 0. The fourth-order valence-electron chi connectivity index (χ4n) is 1.43. The van der Waals surface area contributed by atoms with Gasteiger partial charge in [0.2, 0.25) is 0 Å². The molecule has 0 saturated carbocycles. The molecular formula is C12H13O4P. The Kier molecular flexibility index (Phi) is 4.61. The third-order valence-electron chi connectivity index (χ3n) is 2.04. The average molecular weight is 252 g/mol. The number of benzene rings is 2. The van der Waals surface area contributed by atoms with Crippen LogP contribution in [-0.4, -0.2) is 14.7 Å². The second kappa shape index (κ2) is 5.75. The summed E-state index contributed by atoms with van der Waals surface area (Å²) in [7, 11) is -4.64. The minimum Gasteiger partial charge on any atom is -0.303 e. The quantitative estimate of drug-likeness (QED) is 0.681. The van der Waals surface area contributed by atoms with Gasteiger partial charge in [0.15, 0.2) is 0 Å². The van der Waals surface area contributed by atoms with Gasteiger partial charge >= 0.3 is 7.82 Å². The van der Waals surface area contributed by atoms with E-state index in [1.165, 1.54) is 16.3 Å². The van der Waals surface area contributed by atoms with Gasteiger partial charge in [-0.3, -0.25) is 0 Å². The van der Waals surface area contributed by atoms with Gasteiger partial charge in [0.05, 0.1) is 0 Å². The fourth-order valence-corrected chi connectivity index (χ4v) is 1.43. The van der Waals surface area contributed by atoms with Crippen LogP contribution in [0.5, 0.6) is 0 Å². The first-order valence-corrected chi connectivity index (χ1v) is 6.37. The molecule has 90 valence electrons.